The number of nitrogens with two attached hydrogens (primary N) is 1. The van der Waals surface area contributed by atoms with Gasteiger partial charge in [0.2, 0.25) is 5.91 Å². The maximum Gasteiger partial charge on any atom is 0.240 e. The van der Waals surface area contributed by atoms with Gasteiger partial charge in [-0.2, -0.15) is 0 Å². The minimum Gasteiger partial charge on any atom is -0.368 e. The van der Waals surface area contributed by atoms with Crippen LogP contribution in [0.1, 0.15) is 38.4 Å². The van der Waals surface area contributed by atoms with Gasteiger partial charge in [0.1, 0.15) is 6.04 Å². The third-order valence-corrected chi connectivity index (χ3v) is 2.39. The summed E-state index contributed by atoms with van der Waals surface area (Å²) in [5.41, 5.74) is 6.24. The highest BCUT2D eigenvalue weighted by molar-refractivity contribution is 5.80. The van der Waals surface area contributed by atoms with Gasteiger partial charge >= 0.3 is 0 Å². The van der Waals surface area contributed by atoms with E-state index in [1.54, 1.807) is 12.5 Å². The van der Waals surface area contributed by atoms with Gasteiger partial charge in [-0.25, -0.2) is 4.98 Å². The van der Waals surface area contributed by atoms with E-state index in [9.17, 15) is 4.79 Å². The van der Waals surface area contributed by atoms with Crippen LogP contribution >= 0.6 is 0 Å². The van der Waals surface area contributed by atoms with Crippen LogP contribution in [0.2, 0.25) is 0 Å². The molecule has 5 nitrogen and oxygen atoms in total. The molecule has 0 aliphatic rings. The molecular formula is C11H20N4O. The molecule has 0 bridgehead atoms. The van der Waals surface area contributed by atoms with E-state index in [1.165, 1.54) is 0 Å². The Bertz CT molecular complexity index is 334. The number of carbonyl (C=O) groups is 1. The number of hydrogen-bond acceptors (Lipinski definition) is 3. The summed E-state index contributed by atoms with van der Waals surface area (Å²) in [4.78, 5) is 15.4. The van der Waals surface area contributed by atoms with Crippen LogP contribution in [-0.4, -0.2) is 22.0 Å². The van der Waals surface area contributed by atoms with Crippen molar-refractivity contribution < 1.29 is 4.79 Å². The molecule has 90 valence electrons. The molecule has 1 atom stereocenters. The predicted molar refractivity (Wildman–Crippen MR) is 62.7 cm³/mol. The second kappa shape index (κ2) is 6.27. The summed E-state index contributed by atoms with van der Waals surface area (Å²) in [6.45, 7) is 5.76. The van der Waals surface area contributed by atoms with Crippen molar-refractivity contribution in [2.45, 2.75) is 39.3 Å². The first kappa shape index (κ1) is 12.7. The molecule has 1 aromatic heterocycles. The van der Waals surface area contributed by atoms with Crippen molar-refractivity contribution in [1.29, 1.82) is 0 Å². The Kier molecular flexibility index (Phi) is 4.98. The number of aryl methyl sites for hydroxylation is 1. The van der Waals surface area contributed by atoms with Gasteiger partial charge in [0, 0.05) is 6.54 Å². The van der Waals surface area contributed by atoms with E-state index in [0.29, 0.717) is 0 Å². The lowest BCUT2D eigenvalue weighted by atomic mass is 10.2. The number of carbonyl (C=O) groups excluding carboxylic acids is 1. The van der Waals surface area contributed by atoms with Gasteiger partial charge in [0.15, 0.2) is 0 Å². The summed E-state index contributed by atoms with van der Waals surface area (Å²) >= 11 is 0. The molecule has 1 unspecified atom stereocenters. The third-order valence-electron chi connectivity index (χ3n) is 2.39. The molecule has 1 amide bonds. The standard InChI is InChI=1S/C11H20N4O/c1-3-5-14-10(11(12)16)9-7-13-8-15(9)6-4-2/h7-8,10,14H,3-6H2,1-2H3,(H2,12,16). The molecule has 0 saturated carbocycles. The molecule has 0 aliphatic heterocycles. The van der Waals surface area contributed by atoms with Crippen LogP contribution in [0.25, 0.3) is 0 Å². The number of aromatic nitrogens is 2. The molecule has 1 aromatic rings. The average molecular weight is 224 g/mol. The molecule has 0 fully saturated rings. The zero-order chi connectivity index (χ0) is 12.0. The molecule has 0 aliphatic carbocycles. The second-order valence-corrected chi connectivity index (χ2v) is 3.80. The quantitative estimate of drug-likeness (QED) is 0.720. The zero-order valence-electron chi connectivity index (χ0n) is 9.94. The van der Waals surface area contributed by atoms with Crippen LogP contribution in [0.5, 0.6) is 0 Å². The van der Waals surface area contributed by atoms with Gasteiger partial charge < -0.3 is 15.6 Å². The number of hydrogen-bond donors (Lipinski definition) is 2. The lowest BCUT2D eigenvalue weighted by molar-refractivity contribution is -0.120. The molecule has 0 spiro atoms. The SMILES string of the molecule is CCCNC(C(N)=O)c1cncn1CCC. The molecule has 16 heavy (non-hydrogen) atoms. The zero-order valence-corrected chi connectivity index (χ0v) is 9.94. The Hall–Kier alpha value is -1.36. The van der Waals surface area contributed by atoms with Gasteiger partial charge in [-0.1, -0.05) is 13.8 Å². The third kappa shape index (κ3) is 3.06. The van der Waals surface area contributed by atoms with Crippen molar-refractivity contribution in [2.75, 3.05) is 6.54 Å². The summed E-state index contributed by atoms with van der Waals surface area (Å²) in [7, 11) is 0. The van der Waals surface area contributed by atoms with Crippen molar-refractivity contribution in [2.24, 2.45) is 5.73 Å². The summed E-state index contributed by atoms with van der Waals surface area (Å²) in [6, 6.07) is -0.436. The number of imidazole rings is 1. The molecule has 0 saturated heterocycles. The summed E-state index contributed by atoms with van der Waals surface area (Å²) in [5, 5.41) is 3.13. The van der Waals surface area contributed by atoms with Crippen molar-refractivity contribution in [3.63, 3.8) is 0 Å². The Morgan fingerprint density at radius 3 is 2.88 bits per heavy atom. The van der Waals surface area contributed by atoms with Gasteiger partial charge in [0.05, 0.1) is 18.2 Å². The second-order valence-electron chi connectivity index (χ2n) is 3.80. The molecule has 0 aromatic carbocycles. The lowest BCUT2D eigenvalue weighted by Gasteiger charge is -2.16. The van der Waals surface area contributed by atoms with Crippen molar-refractivity contribution in [1.82, 2.24) is 14.9 Å². The van der Waals surface area contributed by atoms with E-state index in [1.807, 2.05) is 11.5 Å². The largest absolute Gasteiger partial charge is 0.368 e. The number of nitrogens with one attached hydrogen (secondary N) is 1. The van der Waals surface area contributed by atoms with Crippen LogP contribution in [0, 0.1) is 0 Å². The number of primary amides is 1. The van der Waals surface area contributed by atoms with Gasteiger partial charge in [0.25, 0.3) is 0 Å². The van der Waals surface area contributed by atoms with E-state index in [0.717, 1.165) is 31.6 Å². The van der Waals surface area contributed by atoms with Crippen LogP contribution in [-0.2, 0) is 11.3 Å². The molecule has 0 radical (unpaired) electrons. The first-order valence-corrected chi connectivity index (χ1v) is 5.73. The molecule has 1 rings (SSSR count). The average Bonchev–Trinajstić information content (AvgIpc) is 2.67. The molecular weight excluding hydrogens is 204 g/mol. The molecule has 3 N–H and O–H groups in total. The van der Waals surface area contributed by atoms with Crippen LogP contribution in [0.4, 0.5) is 0 Å². The van der Waals surface area contributed by atoms with Crippen molar-refractivity contribution >= 4 is 5.91 Å². The summed E-state index contributed by atoms with van der Waals surface area (Å²) < 4.78 is 1.97. The van der Waals surface area contributed by atoms with E-state index in [4.69, 9.17) is 5.73 Å². The maximum absolute atomic E-state index is 11.4. The topological polar surface area (TPSA) is 72.9 Å². The van der Waals surface area contributed by atoms with Crippen LogP contribution in [0.15, 0.2) is 12.5 Å². The minimum atomic E-state index is -0.436. The number of rotatable bonds is 7. The van der Waals surface area contributed by atoms with E-state index < -0.39 is 6.04 Å². The predicted octanol–water partition coefficient (Wildman–Crippen LogP) is 0.819. The Morgan fingerprint density at radius 1 is 1.56 bits per heavy atom. The van der Waals surface area contributed by atoms with Crippen molar-refractivity contribution in [3.05, 3.63) is 18.2 Å². The number of nitrogens with zero attached hydrogens (tertiary/aromatic N) is 2. The lowest BCUT2D eigenvalue weighted by Crippen LogP contribution is -2.35. The van der Waals surface area contributed by atoms with Crippen LogP contribution < -0.4 is 11.1 Å². The maximum atomic E-state index is 11.4. The molecule has 5 heteroatoms. The van der Waals surface area contributed by atoms with Gasteiger partial charge in [-0.15, -0.1) is 0 Å². The first-order chi connectivity index (χ1) is 7.70. The Balaban J connectivity index is 2.83. The monoisotopic (exact) mass is 224 g/mol. The number of amides is 1. The minimum absolute atomic E-state index is 0.355. The van der Waals surface area contributed by atoms with Crippen molar-refractivity contribution in [3.8, 4) is 0 Å². The fourth-order valence-corrected chi connectivity index (χ4v) is 1.64. The highest BCUT2D eigenvalue weighted by Crippen LogP contribution is 2.12. The van der Waals surface area contributed by atoms with E-state index in [-0.39, 0.29) is 5.91 Å². The van der Waals surface area contributed by atoms with Crippen LogP contribution in [0.3, 0.4) is 0 Å². The summed E-state index contributed by atoms with van der Waals surface area (Å²) in [6.07, 6.45) is 5.41. The van der Waals surface area contributed by atoms with E-state index in [2.05, 4.69) is 17.2 Å². The fraction of sp³-hybridized carbons (Fsp3) is 0.636. The molecule has 1 heterocycles. The highest BCUT2D eigenvalue weighted by atomic mass is 16.1. The Morgan fingerprint density at radius 2 is 2.31 bits per heavy atom. The highest BCUT2D eigenvalue weighted by Gasteiger charge is 2.20. The Labute approximate surface area is 96.0 Å². The first-order valence-electron chi connectivity index (χ1n) is 5.73. The van der Waals surface area contributed by atoms with Gasteiger partial charge in [-0.3, -0.25) is 4.79 Å². The van der Waals surface area contributed by atoms with Gasteiger partial charge in [-0.05, 0) is 19.4 Å². The fourth-order valence-electron chi connectivity index (χ4n) is 1.64. The smallest absolute Gasteiger partial charge is 0.240 e. The normalized spacial score (nSPS) is 12.6. The van der Waals surface area contributed by atoms with E-state index >= 15 is 0 Å². The summed E-state index contributed by atoms with van der Waals surface area (Å²) in [5.74, 6) is -0.355.